The second kappa shape index (κ2) is 12.6. The lowest BCUT2D eigenvalue weighted by Gasteiger charge is -2.26. The third-order valence-electron chi connectivity index (χ3n) is 6.05. The molecule has 0 aromatic rings. The zero-order valence-electron chi connectivity index (χ0n) is 18.3. The molecule has 0 saturated carbocycles. The Hall–Kier alpha value is -1.02. The van der Waals surface area contributed by atoms with Crippen LogP contribution < -0.4 is 5.32 Å². The molecule has 2 rings (SSSR count). The molecule has 2 aliphatic rings. The molecule has 0 amide bonds. The van der Waals surface area contributed by atoms with Crippen molar-refractivity contribution in [1.29, 1.82) is 0 Å². The second-order valence-electron chi connectivity index (χ2n) is 8.48. The van der Waals surface area contributed by atoms with E-state index < -0.39 is 12.7 Å². The summed E-state index contributed by atoms with van der Waals surface area (Å²) in [6.07, 6.45) is 4.46. The van der Waals surface area contributed by atoms with Crippen molar-refractivity contribution in [3.05, 3.63) is 0 Å². The van der Waals surface area contributed by atoms with Crippen LogP contribution in [0.15, 0.2) is 4.99 Å². The minimum absolute atomic E-state index is 0.264. The summed E-state index contributed by atoms with van der Waals surface area (Å²) in [4.78, 5) is 10.7. The summed E-state index contributed by atoms with van der Waals surface area (Å²) in [7, 11) is 1.79. The molecule has 0 aromatic heterocycles. The van der Waals surface area contributed by atoms with Crippen LogP contribution >= 0.6 is 0 Å². The molecule has 0 aromatic carbocycles. The fourth-order valence-corrected chi connectivity index (χ4v) is 4.45. The van der Waals surface area contributed by atoms with Crippen molar-refractivity contribution in [2.24, 2.45) is 10.9 Å². The van der Waals surface area contributed by atoms with Crippen LogP contribution in [0.2, 0.25) is 0 Å². The average molecular weight is 420 g/mol. The van der Waals surface area contributed by atoms with Gasteiger partial charge in [0.2, 0.25) is 0 Å². The lowest BCUT2D eigenvalue weighted by molar-refractivity contribution is -0.146. The predicted octanol–water partition coefficient (Wildman–Crippen LogP) is 3.42. The minimum Gasteiger partial charge on any atom is -0.356 e. The van der Waals surface area contributed by atoms with E-state index in [-0.39, 0.29) is 5.92 Å². The molecular formula is C21H40F3N5. The summed E-state index contributed by atoms with van der Waals surface area (Å²) < 4.78 is 38.0. The van der Waals surface area contributed by atoms with Crippen molar-refractivity contribution in [2.75, 3.05) is 66.0 Å². The molecular weight excluding hydrogens is 379 g/mol. The first kappa shape index (κ1) is 24.3. The average Bonchev–Trinajstić information content (AvgIpc) is 3.15. The van der Waals surface area contributed by atoms with Gasteiger partial charge in [-0.05, 0) is 64.2 Å². The topological polar surface area (TPSA) is 34.1 Å². The molecule has 5 nitrogen and oxygen atoms in total. The highest BCUT2D eigenvalue weighted by atomic mass is 19.4. The number of nitrogens with zero attached hydrogens (tertiary/aromatic N) is 4. The van der Waals surface area contributed by atoms with Crippen LogP contribution in [0.25, 0.3) is 0 Å². The van der Waals surface area contributed by atoms with Gasteiger partial charge in [-0.25, -0.2) is 0 Å². The first-order valence-electron chi connectivity index (χ1n) is 11.4. The number of hydrogen-bond donors (Lipinski definition) is 1. The van der Waals surface area contributed by atoms with E-state index in [0.717, 1.165) is 38.4 Å². The van der Waals surface area contributed by atoms with Gasteiger partial charge in [0.1, 0.15) is 0 Å². The van der Waals surface area contributed by atoms with Crippen LogP contribution in [-0.2, 0) is 0 Å². The van der Waals surface area contributed by atoms with E-state index >= 15 is 0 Å². The Kier molecular flexibility index (Phi) is 10.6. The SMILES string of the molecule is CCN(CC1CCN(C(=NC)NCCCCCN2CCCCC2)C1)CC(F)(F)F. The Morgan fingerprint density at radius 2 is 1.86 bits per heavy atom. The number of nitrogens with one attached hydrogen (secondary N) is 1. The van der Waals surface area contributed by atoms with Crippen molar-refractivity contribution < 1.29 is 13.2 Å². The summed E-state index contributed by atoms with van der Waals surface area (Å²) >= 11 is 0. The summed E-state index contributed by atoms with van der Waals surface area (Å²) in [5.41, 5.74) is 0. The standard InChI is InChI=1S/C21H40F3N5/c1-3-27(18-21(22,23)24)16-19-10-15-29(17-19)20(25-2)26-11-6-4-7-12-28-13-8-5-9-14-28/h19H,3-18H2,1-2H3,(H,25,26). The molecule has 1 N–H and O–H groups in total. The highest BCUT2D eigenvalue weighted by molar-refractivity contribution is 5.80. The fourth-order valence-electron chi connectivity index (χ4n) is 4.45. The third kappa shape index (κ3) is 9.55. The molecule has 1 unspecified atom stereocenters. The lowest BCUT2D eigenvalue weighted by atomic mass is 10.1. The molecule has 0 spiro atoms. The third-order valence-corrected chi connectivity index (χ3v) is 6.05. The van der Waals surface area contributed by atoms with Gasteiger partial charge in [0.05, 0.1) is 6.54 Å². The number of unbranched alkanes of at least 4 members (excludes halogenated alkanes) is 2. The zero-order chi connectivity index (χ0) is 21.1. The van der Waals surface area contributed by atoms with E-state index in [0.29, 0.717) is 13.1 Å². The van der Waals surface area contributed by atoms with Crippen LogP contribution in [0.5, 0.6) is 0 Å². The quantitative estimate of drug-likeness (QED) is 0.334. The highest BCUT2D eigenvalue weighted by Gasteiger charge is 2.32. The normalized spacial score (nSPS) is 21.9. The van der Waals surface area contributed by atoms with Crippen LogP contribution in [0, 0.1) is 5.92 Å². The summed E-state index contributed by atoms with van der Waals surface area (Å²) in [5, 5.41) is 3.44. The smallest absolute Gasteiger partial charge is 0.356 e. The lowest BCUT2D eigenvalue weighted by Crippen LogP contribution is -2.42. The largest absolute Gasteiger partial charge is 0.401 e. The van der Waals surface area contributed by atoms with Gasteiger partial charge < -0.3 is 15.1 Å². The van der Waals surface area contributed by atoms with Gasteiger partial charge in [0.15, 0.2) is 5.96 Å². The van der Waals surface area contributed by atoms with E-state index in [1.54, 1.807) is 14.0 Å². The molecule has 29 heavy (non-hydrogen) atoms. The summed E-state index contributed by atoms with van der Waals surface area (Å²) in [6.45, 7) is 8.21. The zero-order valence-corrected chi connectivity index (χ0v) is 18.3. The van der Waals surface area contributed by atoms with Crippen LogP contribution in [0.4, 0.5) is 13.2 Å². The molecule has 0 bridgehead atoms. The Balaban J connectivity index is 1.61. The Labute approximate surface area is 174 Å². The Morgan fingerprint density at radius 3 is 2.52 bits per heavy atom. The van der Waals surface area contributed by atoms with E-state index in [9.17, 15) is 13.2 Å². The molecule has 0 aliphatic carbocycles. The fraction of sp³-hybridized carbons (Fsp3) is 0.952. The molecule has 2 fully saturated rings. The van der Waals surface area contributed by atoms with E-state index in [2.05, 4.69) is 20.1 Å². The van der Waals surface area contributed by atoms with Crippen molar-refractivity contribution in [2.45, 2.75) is 58.0 Å². The number of hydrogen-bond acceptors (Lipinski definition) is 3. The molecule has 2 aliphatic heterocycles. The van der Waals surface area contributed by atoms with Crippen LogP contribution in [0.3, 0.4) is 0 Å². The van der Waals surface area contributed by atoms with Crippen molar-refractivity contribution in [3.8, 4) is 0 Å². The number of aliphatic imine (C=N–C) groups is 1. The van der Waals surface area contributed by atoms with E-state index in [1.807, 2.05) is 0 Å². The number of halogens is 3. The molecule has 8 heteroatoms. The van der Waals surface area contributed by atoms with Gasteiger partial charge in [-0.15, -0.1) is 0 Å². The van der Waals surface area contributed by atoms with Crippen molar-refractivity contribution >= 4 is 5.96 Å². The maximum absolute atomic E-state index is 12.7. The second-order valence-corrected chi connectivity index (χ2v) is 8.48. The van der Waals surface area contributed by atoms with Gasteiger partial charge in [0, 0.05) is 33.2 Å². The number of likely N-dealkylation sites (tertiary alicyclic amines) is 2. The van der Waals surface area contributed by atoms with E-state index in [1.165, 1.54) is 56.6 Å². The summed E-state index contributed by atoms with van der Waals surface area (Å²) in [5.74, 6) is 1.16. The minimum atomic E-state index is -4.13. The molecule has 2 saturated heterocycles. The first-order chi connectivity index (χ1) is 13.9. The number of guanidine groups is 1. The van der Waals surface area contributed by atoms with Crippen molar-refractivity contribution in [1.82, 2.24) is 20.0 Å². The highest BCUT2D eigenvalue weighted by Crippen LogP contribution is 2.21. The maximum Gasteiger partial charge on any atom is 0.401 e. The van der Waals surface area contributed by atoms with Gasteiger partial charge >= 0.3 is 6.18 Å². The van der Waals surface area contributed by atoms with Gasteiger partial charge in [-0.3, -0.25) is 9.89 Å². The number of rotatable bonds is 10. The monoisotopic (exact) mass is 419 g/mol. The summed E-state index contributed by atoms with van der Waals surface area (Å²) in [6, 6.07) is 0. The first-order valence-corrected chi connectivity index (χ1v) is 11.4. The molecule has 1 atom stereocenters. The molecule has 0 radical (unpaired) electrons. The predicted molar refractivity (Wildman–Crippen MR) is 113 cm³/mol. The number of alkyl halides is 3. The molecule has 2 heterocycles. The van der Waals surface area contributed by atoms with Gasteiger partial charge in [-0.1, -0.05) is 19.8 Å². The Bertz CT molecular complexity index is 477. The molecule has 170 valence electrons. The number of piperidine rings is 1. The van der Waals surface area contributed by atoms with Crippen LogP contribution in [0.1, 0.15) is 51.9 Å². The Morgan fingerprint density at radius 1 is 1.10 bits per heavy atom. The van der Waals surface area contributed by atoms with Gasteiger partial charge in [-0.2, -0.15) is 13.2 Å². The maximum atomic E-state index is 12.7. The van der Waals surface area contributed by atoms with Crippen LogP contribution in [-0.4, -0.2) is 92.8 Å². The van der Waals surface area contributed by atoms with Crippen molar-refractivity contribution in [3.63, 3.8) is 0 Å². The van der Waals surface area contributed by atoms with Gasteiger partial charge in [0.25, 0.3) is 0 Å². The van der Waals surface area contributed by atoms with E-state index in [4.69, 9.17) is 0 Å².